The van der Waals surface area contributed by atoms with Gasteiger partial charge in [0.05, 0.1) is 31.2 Å². The quantitative estimate of drug-likeness (QED) is 0.381. The number of hydrogen-bond donors (Lipinski definition) is 2. The lowest BCUT2D eigenvalue weighted by Gasteiger charge is -2.26. The van der Waals surface area contributed by atoms with Gasteiger partial charge in [-0.3, -0.25) is 14.5 Å². The number of halogens is 1. The normalized spacial score (nSPS) is 14.1. The van der Waals surface area contributed by atoms with Crippen LogP contribution in [-0.4, -0.2) is 62.3 Å². The minimum Gasteiger partial charge on any atom is -0.497 e. The molecule has 0 radical (unpaired) electrons. The standard InChI is InChI=1S/C29H36FN3O4/c1-3-4-6-21-9-12-24(30)25-26(21)32-27(29(35)31-13-5-14-33-15-17-37-18-16-33)23(28(25)34)19-20-7-10-22(36-2)11-8-20/h7-12H,3-6,13-19H2,1-2H3,(H,31,35)(H,32,34). The first-order chi connectivity index (χ1) is 18.0. The van der Waals surface area contributed by atoms with Crippen LogP contribution in [0, 0.1) is 5.82 Å². The van der Waals surface area contributed by atoms with Crippen molar-refractivity contribution in [3.8, 4) is 5.75 Å². The number of morpholine rings is 1. The molecule has 198 valence electrons. The molecule has 0 bridgehead atoms. The van der Waals surface area contributed by atoms with Gasteiger partial charge >= 0.3 is 0 Å². The number of ether oxygens (including phenoxy) is 2. The summed E-state index contributed by atoms with van der Waals surface area (Å²) in [5.41, 5.74) is 2.09. The lowest BCUT2D eigenvalue weighted by Crippen LogP contribution is -2.38. The Labute approximate surface area is 217 Å². The maximum Gasteiger partial charge on any atom is 0.268 e. The van der Waals surface area contributed by atoms with Crippen molar-refractivity contribution < 1.29 is 18.7 Å². The monoisotopic (exact) mass is 509 g/mol. The van der Waals surface area contributed by atoms with Gasteiger partial charge in [0.25, 0.3) is 5.91 Å². The Bertz CT molecular complexity index is 1270. The molecule has 8 heteroatoms. The summed E-state index contributed by atoms with van der Waals surface area (Å²) >= 11 is 0. The second-order valence-corrected chi connectivity index (χ2v) is 9.46. The van der Waals surface area contributed by atoms with Crippen LogP contribution in [0.15, 0.2) is 41.2 Å². The number of aromatic nitrogens is 1. The Morgan fingerprint density at radius 2 is 1.89 bits per heavy atom. The van der Waals surface area contributed by atoms with Crippen molar-refractivity contribution in [1.82, 2.24) is 15.2 Å². The van der Waals surface area contributed by atoms with Crippen LogP contribution in [0.3, 0.4) is 0 Å². The van der Waals surface area contributed by atoms with Gasteiger partial charge in [0.15, 0.2) is 5.43 Å². The summed E-state index contributed by atoms with van der Waals surface area (Å²) in [7, 11) is 1.59. The Morgan fingerprint density at radius 1 is 1.14 bits per heavy atom. The van der Waals surface area contributed by atoms with E-state index in [1.54, 1.807) is 25.3 Å². The third-order valence-electron chi connectivity index (χ3n) is 6.90. The Hall–Kier alpha value is -3.23. The van der Waals surface area contributed by atoms with Crippen LogP contribution in [0.2, 0.25) is 0 Å². The number of rotatable bonds is 11. The predicted molar refractivity (Wildman–Crippen MR) is 143 cm³/mol. The second-order valence-electron chi connectivity index (χ2n) is 9.46. The molecule has 1 amide bonds. The molecular formula is C29H36FN3O4. The third kappa shape index (κ3) is 6.56. The number of methoxy groups -OCH3 is 1. The first-order valence-electron chi connectivity index (χ1n) is 13.1. The van der Waals surface area contributed by atoms with E-state index in [0.29, 0.717) is 24.2 Å². The molecule has 0 spiro atoms. The maximum absolute atomic E-state index is 15.0. The molecule has 1 aromatic heterocycles. The van der Waals surface area contributed by atoms with E-state index in [1.807, 2.05) is 12.1 Å². The molecule has 37 heavy (non-hydrogen) atoms. The molecule has 1 aliphatic heterocycles. The first kappa shape index (κ1) is 26.8. The highest BCUT2D eigenvalue weighted by Crippen LogP contribution is 2.23. The smallest absolute Gasteiger partial charge is 0.268 e. The Balaban J connectivity index is 1.65. The number of unbranched alkanes of at least 4 members (excludes halogenated alkanes) is 1. The number of nitrogens with one attached hydrogen (secondary N) is 2. The highest BCUT2D eigenvalue weighted by Gasteiger charge is 2.22. The number of carbonyl (C=O) groups excluding carboxylic acids is 1. The molecule has 1 saturated heterocycles. The van der Waals surface area contributed by atoms with E-state index < -0.39 is 11.2 Å². The minimum atomic E-state index is -0.579. The number of carbonyl (C=O) groups is 1. The summed E-state index contributed by atoms with van der Waals surface area (Å²) in [6, 6.07) is 10.4. The van der Waals surface area contributed by atoms with E-state index >= 15 is 0 Å². The zero-order chi connectivity index (χ0) is 26.2. The van der Waals surface area contributed by atoms with Crippen molar-refractivity contribution in [2.45, 2.75) is 39.0 Å². The largest absolute Gasteiger partial charge is 0.497 e. The van der Waals surface area contributed by atoms with E-state index in [9.17, 15) is 14.0 Å². The fourth-order valence-electron chi connectivity index (χ4n) is 4.75. The fraction of sp³-hybridized carbons (Fsp3) is 0.448. The van der Waals surface area contributed by atoms with Crippen molar-refractivity contribution in [2.24, 2.45) is 0 Å². The van der Waals surface area contributed by atoms with Crippen molar-refractivity contribution in [1.29, 1.82) is 0 Å². The summed E-state index contributed by atoms with van der Waals surface area (Å²) in [6.07, 6.45) is 3.55. The molecule has 1 fully saturated rings. The van der Waals surface area contributed by atoms with E-state index in [-0.39, 0.29) is 29.0 Å². The van der Waals surface area contributed by atoms with Crippen LogP contribution in [0.4, 0.5) is 4.39 Å². The van der Waals surface area contributed by atoms with E-state index in [2.05, 4.69) is 22.1 Å². The molecule has 4 rings (SSSR count). The van der Waals surface area contributed by atoms with Crippen LogP contribution in [0.1, 0.15) is 53.4 Å². The van der Waals surface area contributed by atoms with Crippen molar-refractivity contribution >= 4 is 16.8 Å². The van der Waals surface area contributed by atoms with E-state index in [1.165, 1.54) is 6.07 Å². The number of benzene rings is 2. The van der Waals surface area contributed by atoms with Crippen LogP contribution < -0.4 is 15.5 Å². The second kappa shape index (κ2) is 12.8. The van der Waals surface area contributed by atoms with Gasteiger partial charge in [-0.05, 0) is 55.1 Å². The predicted octanol–water partition coefficient (Wildman–Crippen LogP) is 4.06. The van der Waals surface area contributed by atoms with Crippen molar-refractivity contribution in [2.75, 3.05) is 46.5 Å². The van der Waals surface area contributed by atoms with Gasteiger partial charge in [-0.2, -0.15) is 0 Å². The van der Waals surface area contributed by atoms with Crippen LogP contribution in [0.25, 0.3) is 10.9 Å². The van der Waals surface area contributed by atoms with Crippen LogP contribution in [0.5, 0.6) is 5.75 Å². The minimum absolute atomic E-state index is 0.0148. The zero-order valence-electron chi connectivity index (χ0n) is 21.7. The number of aromatic amines is 1. The number of fused-ring (bicyclic) bond motifs is 1. The van der Waals surface area contributed by atoms with E-state index in [4.69, 9.17) is 9.47 Å². The highest BCUT2D eigenvalue weighted by molar-refractivity contribution is 5.97. The van der Waals surface area contributed by atoms with Crippen LogP contribution >= 0.6 is 0 Å². The first-order valence-corrected chi connectivity index (χ1v) is 13.1. The zero-order valence-corrected chi connectivity index (χ0v) is 21.7. The van der Waals surface area contributed by atoms with Crippen LogP contribution in [-0.2, 0) is 17.6 Å². The third-order valence-corrected chi connectivity index (χ3v) is 6.90. The number of aryl methyl sites for hydroxylation is 1. The van der Waals surface area contributed by atoms with Gasteiger partial charge in [0.2, 0.25) is 0 Å². The van der Waals surface area contributed by atoms with Gasteiger partial charge in [0, 0.05) is 31.6 Å². The number of nitrogens with zero attached hydrogens (tertiary/aromatic N) is 1. The molecule has 0 aliphatic carbocycles. The van der Waals surface area contributed by atoms with E-state index in [0.717, 1.165) is 63.2 Å². The van der Waals surface area contributed by atoms with Crippen molar-refractivity contribution in [3.05, 3.63) is 74.8 Å². The Kier molecular flexibility index (Phi) is 9.30. The maximum atomic E-state index is 15.0. The molecule has 0 unspecified atom stereocenters. The number of amides is 1. The Morgan fingerprint density at radius 3 is 2.59 bits per heavy atom. The summed E-state index contributed by atoms with van der Waals surface area (Å²) in [4.78, 5) is 32.6. The molecule has 3 aromatic rings. The number of hydrogen-bond acceptors (Lipinski definition) is 5. The van der Waals surface area contributed by atoms with Crippen molar-refractivity contribution in [3.63, 3.8) is 0 Å². The molecular weight excluding hydrogens is 473 g/mol. The average molecular weight is 510 g/mol. The summed E-state index contributed by atoms with van der Waals surface area (Å²) in [5, 5.41) is 2.99. The average Bonchev–Trinajstić information content (AvgIpc) is 2.92. The molecule has 2 aromatic carbocycles. The summed E-state index contributed by atoms with van der Waals surface area (Å²) in [5.74, 6) is -0.235. The topological polar surface area (TPSA) is 83.7 Å². The SMILES string of the molecule is CCCCc1ccc(F)c2c(=O)c(Cc3ccc(OC)cc3)c(C(=O)NCCCN3CCOCC3)[nH]c12. The molecule has 7 nitrogen and oxygen atoms in total. The highest BCUT2D eigenvalue weighted by atomic mass is 19.1. The lowest BCUT2D eigenvalue weighted by molar-refractivity contribution is 0.0374. The molecule has 0 saturated carbocycles. The molecule has 0 atom stereocenters. The number of H-pyrrole nitrogens is 1. The van der Waals surface area contributed by atoms with Gasteiger partial charge in [-0.15, -0.1) is 0 Å². The fourth-order valence-corrected chi connectivity index (χ4v) is 4.75. The summed E-state index contributed by atoms with van der Waals surface area (Å²) in [6.45, 7) is 6.67. The summed E-state index contributed by atoms with van der Waals surface area (Å²) < 4.78 is 25.6. The molecule has 2 N–H and O–H groups in total. The number of pyridine rings is 1. The van der Waals surface area contributed by atoms with Gasteiger partial charge in [-0.1, -0.05) is 31.5 Å². The van der Waals surface area contributed by atoms with Gasteiger partial charge < -0.3 is 19.8 Å². The van der Waals surface area contributed by atoms with Gasteiger partial charge in [0.1, 0.15) is 17.3 Å². The van der Waals surface area contributed by atoms with Gasteiger partial charge in [-0.25, -0.2) is 4.39 Å². The molecule has 1 aliphatic rings. The lowest BCUT2D eigenvalue weighted by atomic mass is 9.97. The molecule has 2 heterocycles.